The number of hydrogen-bond donors (Lipinski definition) is 3. The predicted molar refractivity (Wildman–Crippen MR) is 263 cm³/mol. The Balaban J connectivity index is 4.23. The largest absolute Gasteiger partial charge is 0.472 e. The SMILES string of the molecule is CCCCCCCCCCC/C=C\CCCCCCCC(=O)NC(COP(=O)(O)OCC[N+](C)(C)C)C(O)CCCCCCCCCCCCCCCCCCCCCCC. The van der Waals surface area contributed by atoms with E-state index in [0.717, 1.165) is 44.9 Å². The minimum atomic E-state index is -4.32. The number of amides is 1. The first kappa shape index (κ1) is 60.2. The van der Waals surface area contributed by atoms with Gasteiger partial charge in [-0.05, 0) is 38.5 Å². The number of nitrogens with one attached hydrogen (secondary N) is 1. The highest BCUT2D eigenvalue weighted by molar-refractivity contribution is 7.47. The van der Waals surface area contributed by atoms with Gasteiger partial charge in [-0.15, -0.1) is 0 Å². The summed E-state index contributed by atoms with van der Waals surface area (Å²) in [6.45, 7) is 4.92. The number of carbonyl (C=O) groups excluding carboxylic acids is 1. The van der Waals surface area contributed by atoms with Gasteiger partial charge in [0.25, 0.3) is 0 Å². The summed E-state index contributed by atoms with van der Waals surface area (Å²) in [6, 6.07) is -0.762. The first-order valence-electron chi connectivity index (χ1n) is 26.6. The lowest BCUT2D eigenvalue weighted by molar-refractivity contribution is -0.870. The van der Waals surface area contributed by atoms with Crippen LogP contribution in [0.1, 0.15) is 264 Å². The molecule has 0 fully saturated rings. The second-order valence-electron chi connectivity index (χ2n) is 19.6. The standard InChI is InChI=1S/C52H105N2O6P/c1-6-8-10-12-14-16-18-20-22-24-26-27-28-29-31-33-35-37-39-41-43-45-51(55)50(49-60-61(57,58)59-48-47-54(3,4)5)53-52(56)46-44-42-40-38-36-34-32-30-25-23-21-19-17-15-13-11-9-7-2/h30,32,50-51,55H,6-29,31,33-49H2,1-5H3,(H-,53,56,57,58)/p+1/b32-30-. The highest BCUT2D eigenvalue weighted by Gasteiger charge is 2.28. The van der Waals surface area contributed by atoms with Crippen LogP contribution in [0.25, 0.3) is 0 Å². The number of quaternary nitrogens is 1. The lowest BCUT2D eigenvalue weighted by atomic mass is 10.0. The number of hydrogen-bond acceptors (Lipinski definition) is 5. The lowest BCUT2D eigenvalue weighted by Crippen LogP contribution is -2.46. The van der Waals surface area contributed by atoms with Crippen molar-refractivity contribution in [3.63, 3.8) is 0 Å². The molecule has 0 aromatic carbocycles. The molecule has 3 atom stereocenters. The van der Waals surface area contributed by atoms with E-state index < -0.39 is 20.0 Å². The fourth-order valence-electron chi connectivity index (χ4n) is 8.04. The van der Waals surface area contributed by atoms with Crippen LogP contribution in [-0.4, -0.2) is 73.4 Å². The van der Waals surface area contributed by atoms with Gasteiger partial charge in [-0.3, -0.25) is 13.8 Å². The number of unbranched alkanes of at least 4 members (excludes halogenated alkanes) is 34. The highest BCUT2D eigenvalue weighted by atomic mass is 31.2. The van der Waals surface area contributed by atoms with E-state index in [0.29, 0.717) is 23.9 Å². The van der Waals surface area contributed by atoms with Crippen molar-refractivity contribution in [1.29, 1.82) is 0 Å². The predicted octanol–water partition coefficient (Wildman–Crippen LogP) is 15.5. The van der Waals surface area contributed by atoms with Crippen molar-refractivity contribution in [3.8, 4) is 0 Å². The van der Waals surface area contributed by atoms with Gasteiger partial charge in [0.15, 0.2) is 0 Å². The molecule has 0 aromatic rings. The fraction of sp³-hybridized carbons (Fsp3) is 0.942. The Morgan fingerprint density at radius 2 is 0.885 bits per heavy atom. The molecular formula is C52H106N2O6P+. The summed E-state index contributed by atoms with van der Waals surface area (Å²) in [7, 11) is 1.62. The number of nitrogens with zero attached hydrogens (tertiary/aromatic N) is 1. The summed E-state index contributed by atoms with van der Waals surface area (Å²) in [5.41, 5.74) is 0. The maximum absolute atomic E-state index is 12.9. The molecule has 0 saturated heterocycles. The van der Waals surface area contributed by atoms with Crippen LogP contribution in [0.2, 0.25) is 0 Å². The first-order chi connectivity index (χ1) is 29.5. The van der Waals surface area contributed by atoms with E-state index in [1.54, 1.807) is 0 Å². The van der Waals surface area contributed by atoms with Crippen molar-refractivity contribution in [1.82, 2.24) is 5.32 Å². The van der Waals surface area contributed by atoms with Crippen LogP contribution >= 0.6 is 7.82 Å². The van der Waals surface area contributed by atoms with Crippen LogP contribution in [0.3, 0.4) is 0 Å². The summed E-state index contributed by atoms with van der Waals surface area (Å²) in [5, 5.41) is 14.0. The molecule has 0 aliphatic carbocycles. The van der Waals surface area contributed by atoms with Crippen LogP contribution in [0.15, 0.2) is 12.2 Å². The van der Waals surface area contributed by atoms with E-state index in [-0.39, 0.29) is 19.1 Å². The van der Waals surface area contributed by atoms with Gasteiger partial charge in [-0.2, -0.15) is 0 Å². The fourth-order valence-corrected chi connectivity index (χ4v) is 8.78. The van der Waals surface area contributed by atoms with Crippen LogP contribution in [0, 0.1) is 0 Å². The molecule has 1 amide bonds. The van der Waals surface area contributed by atoms with Crippen molar-refractivity contribution >= 4 is 13.7 Å². The molecule has 0 spiro atoms. The Morgan fingerprint density at radius 3 is 1.26 bits per heavy atom. The second kappa shape index (κ2) is 44.4. The third kappa shape index (κ3) is 47.0. The molecule has 0 rings (SSSR count). The van der Waals surface area contributed by atoms with Gasteiger partial charge in [0.1, 0.15) is 13.2 Å². The molecule has 364 valence electrons. The molecule has 0 bridgehead atoms. The third-order valence-electron chi connectivity index (χ3n) is 12.3. The first-order valence-corrected chi connectivity index (χ1v) is 28.0. The number of carbonyl (C=O) groups is 1. The van der Waals surface area contributed by atoms with E-state index in [9.17, 15) is 19.4 Å². The normalized spacial score (nSPS) is 14.1. The van der Waals surface area contributed by atoms with Crippen LogP contribution in [0.5, 0.6) is 0 Å². The molecule has 0 aromatic heterocycles. The van der Waals surface area contributed by atoms with Gasteiger partial charge >= 0.3 is 7.82 Å². The molecule has 8 nitrogen and oxygen atoms in total. The number of aliphatic hydroxyl groups excluding tert-OH is 1. The number of phosphoric ester groups is 1. The Kier molecular flexibility index (Phi) is 43.9. The zero-order valence-corrected chi connectivity index (χ0v) is 42.3. The average Bonchev–Trinajstić information content (AvgIpc) is 3.21. The number of rotatable bonds is 49. The molecule has 0 heterocycles. The van der Waals surface area contributed by atoms with E-state index in [2.05, 4.69) is 31.3 Å². The molecular weight excluding hydrogens is 780 g/mol. The van der Waals surface area contributed by atoms with Gasteiger partial charge in [-0.1, -0.05) is 231 Å². The van der Waals surface area contributed by atoms with Crippen LogP contribution in [-0.2, 0) is 18.4 Å². The Bertz CT molecular complexity index is 1000. The summed E-state index contributed by atoms with van der Waals surface area (Å²) < 4.78 is 23.7. The van der Waals surface area contributed by atoms with Gasteiger partial charge < -0.3 is 19.8 Å². The smallest absolute Gasteiger partial charge is 0.391 e. The summed E-state index contributed by atoms with van der Waals surface area (Å²) in [4.78, 5) is 23.3. The highest BCUT2D eigenvalue weighted by Crippen LogP contribution is 2.43. The van der Waals surface area contributed by atoms with E-state index >= 15 is 0 Å². The Labute approximate surface area is 380 Å². The molecule has 9 heteroatoms. The Morgan fingerprint density at radius 1 is 0.541 bits per heavy atom. The number of phosphoric acid groups is 1. The molecule has 61 heavy (non-hydrogen) atoms. The molecule has 0 radical (unpaired) electrons. The summed E-state index contributed by atoms with van der Waals surface area (Å²) >= 11 is 0. The van der Waals surface area contributed by atoms with Gasteiger partial charge in [-0.25, -0.2) is 4.57 Å². The van der Waals surface area contributed by atoms with Gasteiger partial charge in [0.2, 0.25) is 5.91 Å². The van der Waals surface area contributed by atoms with Crippen molar-refractivity contribution in [2.45, 2.75) is 276 Å². The van der Waals surface area contributed by atoms with E-state index in [1.807, 2.05) is 21.1 Å². The van der Waals surface area contributed by atoms with Crippen molar-refractivity contribution in [2.75, 3.05) is 40.9 Å². The maximum Gasteiger partial charge on any atom is 0.472 e. The molecule has 3 N–H and O–H groups in total. The number of likely N-dealkylation sites (N-methyl/N-ethyl adjacent to an activating group) is 1. The molecule has 0 aliphatic rings. The van der Waals surface area contributed by atoms with Gasteiger partial charge in [0.05, 0.1) is 39.9 Å². The van der Waals surface area contributed by atoms with Crippen LogP contribution in [0.4, 0.5) is 0 Å². The number of aliphatic hydroxyl groups is 1. The molecule has 0 aliphatic heterocycles. The zero-order valence-electron chi connectivity index (χ0n) is 41.4. The minimum absolute atomic E-state index is 0.0753. The molecule has 3 unspecified atom stereocenters. The maximum atomic E-state index is 12.9. The quantitative estimate of drug-likeness (QED) is 0.0243. The van der Waals surface area contributed by atoms with E-state index in [4.69, 9.17) is 9.05 Å². The lowest BCUT2D eigenvalue weighted by Gasteiger charge is -2.26. The zero-order chi connectivity index (χ0) is 45.0. The second-order valence-corrected chi connectivity index (χ2v) is 21.1. The summed E-state index contributed by atoms with van der Waals surface area (Å²) in [6.07, 6.45) is 52.5. The van der Waals surface area contributed by atoms with Crippen molar-refractivity contribution in [2.24, 2.45) is 0 Å². The van der Waals surface area contributed by atoms with Crippen molar-refractivity contribution < 1.29 is 32.9 Å². The molecule has 0 saturated carbocycles. The Hall–Kier alpha value is -0.760. The third-order valence-corrected chi connectivity index (χ3v) is 13.2. The van der Waals surface area contributed by atoms with Crippen molar-refractivity contribution in [3.05, 3.63) is 12.2 Å². The minimum Gasteiger partial charge on any atom is -0.391 e. The van der Waals surface area contributed by atoms with Gasteiger partial charge in [0, 0.05) is 6.42 Å². The number of allylic oxidation sites excluding steroid dienone is 2. The summed E-state index contributed by atoms with van der Waals surface area (Å²) in [5.74, 6) is -0.149. The monoisotopic (exact) mass is 886 g/mol. The topological polar surface area (TPSA) is 105 Å². The average molecular weight is 886 g/mol. The van der Waals surface area contributed by atoms with E-state index in [1.165, 1.54) is 193 Å². The van der Waals surface area contributed by atoms with Crippen LogP contribution < -0.4 is 5.32 Å².